The Kier molecular flexibility index (Phi) is 4.78. The highest BCUT2D eigenvalue weighted by Crippen LogP contribution is 2.28. The summed E-state index contributed by atoms with van der Waals surface area (Å²) in [5, 5.41) is 15.2. The van der Waals surface area contributed by atoms with E-state index >= 15 is 0 Å². The maximum atomic E-state index is 12.4. The number of aryl methyl sites for hydroxylation is 2. The van der Waals surface area contributed by atoms with Gasteiger partial charge in [-0.3, -0.25) is 4.79 Å². The Bertz CT molecular complexity index is 1110. The minimum atomic E-state index is -1.36. The molecule has 0 saturated carbocycles. The van der Waals surface area contributed by atoms with E-state index in [0.29, 0.717) is 22.1 Å². The van der Waals surface area contributed by atoms with Crippen LogP contribution in [0.1, 0.15) is 30.5 Å². The maximum Gasteiger partial charge on any atom is 0.340 e. The molecule has 2 aromatic heterocycles. The quantitative estimate of drug-likeness (QED) is 0.683. The van der Waals surface area contributed by atoms with Gasteiger partial charge >= 0.3 is 5.63 Å². The number of hydrogen-bond acceptors (Lipinski definition) is 6. The van der Waals surface area contributed by atoms with E-state index < -0.39 is 23.5 Å². The van der Waals surface area contributed by atoms with E-state index in [2.05, 4.69) is 5.32 Å². The average molecular weight is 370 g/mol. The molecule has 7 nitrogen and oxygen atoms in total. The number of rotatable bonds is 5. The van der Waals surface area contributed by atoms with Crippen LogP contribution in [0.4, 0.5) is 0 Å². The lowest BCUT2D eigenvalue weighted by atomic mass is 10.0. The Hall–Kier alpha value is -3.09. The van der Waals surface area contributed by atoms with Crippen LogP contribution in [0, 0.1) is 19.8 Å². The van der Waals surface area contributed by atoms with Gasteiger partial charge in [0.1, 0.15) is 11.2 Å². The van der Waals surface area contributed by atoms with Crippen molar-refractivity contribution < 1.29 is 23.5 Å². The third-order valence-corrected chi connectivity index (χ3v) is 4.75. The number of fused-ring (bicyclic) bond motifs is 2. The minimum absolute atomic E-state index is 0.196. The van der Waals surface area contributed by atoms with Crippen molar-refractivity contribution in [1.82, 2.24) is 5.32 Å². The Morgan fingerprint density at radius 2 is 1.85 bits per heavy atom. The zero-order valence-electron chi connectivity index (χ0n) is 15.5. The number of hydrogen-bond donors (Lipinski definition) is 1. The van der Waals surface area contributed by atoms with Crippen molar-refractivity contribution in [3.63, 3.8) is 0 Å². The number of carboxylic acid groups (broad SMARTS) is 1. The molecule has 142 valence electrons. The lowest BCUT2D eigenvalue weighted by Gasteiger charge is -2.23. The van der Waals surface area contributed by atoms with Crippen LogP contribution in [0.2, 0.25) is 0 Å². The number of carbonyl (C=O) groups is 2. The number of nitrogens with one attached hydrogen (secondary N) is 1. The van der Waals surface area contributed by atoms with E-state index in [1.54, 1.807) is 33.1 Å². The van der Waals surface area contributed by atoms with Gasteiger partial charge in [-0.2, -0.15) is 0 Å². The van der Waals surface area contributed by atoms with Crippen LogP contribution in [-0.4, -0.2) is 17.9 Å². The molecule has 1 aromatic carbocycles. The summed E-state index contributed by atoms with van der Waals surface area (Å²) in [4.78, 5) is 35.8. The molecule has 3 aromatic rings. The Morgan fingerprint density at radius 3 is 2.48 bits per heavy atom. The molecule has 0 aliphatic carbocycles. The number of benzene rings is 1. The van der Waals surface area contributed by atoms with Crippen molar-refractivity contribution >= 4 is 33.8 Å². The van der Waals surface area contributed by atoms with Crippen molar-refractivity contribution in [2.45, 2.75) is 40.2 Å². The van der Waals surface area contributed by atoms with Gasteiger partial charge in [0.15, 0.2) is 0 Å². The fourth-order valence-electron chi connectivity index (χ4n) is 3.12. The molecule has 0 saturated heterocycles. The second-order valence-electron chi connectivity index (χ2n) is 7.04. The summed E-state index contributed by atoms with van der Waals surface area (Å²) in [5.74, 6) is -2.28. The molecule has 27 heavy (non-hydrogen) atoms. The Balaban J connectivity index is 2.00. The van der Waals surface area contributed by atoms with Gasteiger partial charge in [-0.05, 0) is 37.0 Å². The number of furan rings is 1. The maximum absolute atomic E-state index is 12.4. The fraction of sp³-hybridized carbons (Fsp3) is 0.350. The molecular weight excluding hydrogens is 350 g/mol. The number of carbonyl (C=O) groups excluding carboxylic acids is 2. The standard InChI is InChI=1S/C20H21NO6/c1-9(2)18(19(23)24)21-17(22)6-14-11(4)13-5-12-10(3)8-26-15(12)7-16(13)27-20(14)25/h5,7-9,18H,6H2,1-4H3,(H,21,22)(H,23,24)/p-1/t18-/m0/s1. The third-order valence-electron chi connectivity index (χ3n) is 4.75. The van der Waals surface area contributed by atoms with Crippen LogP contribution in [0.5, 0.6) is 0 Å². The normalized spacial score (nSPS) is 12.6. The van der Waals surface area contributed by atoms with Crippen molar-refractivity contribution in [2.24, 2.45) is 5.92 Å². The predicted molar refractivity (Wildman–Crippen MR) is 97.2 cm³/mol. The molecule has 7 heteroatoms. The van der Waals surface area contributed by atoms with Gasteiger partial charge in [0.05, 0.1) is 30.3 Å². The molecule has 1 atom stereocenters. The zero-order valence-corrected chi connectivity index (χ0v) is 15.5. The summed E-state index contributed by atoms with van der Waals surface area (Å²) >= 11 is 0. The SMILES string of the molecule is Cc1coc2cc3oc(=O)c(CC(=O)N[C@H](C(=O)[O-])C(C)C)c(C)c3cc12. The first kappa shape index (κ1) is 18.7. The lowest BCUT2D eigenvalue weighted by molar-refractivity contribution is -0.309. The zero-order chi connectivity index (χ0) is 19.9. The summed E-state index contributed by atoms with van der Waals surface area (Å²) in [5.41, 5.74) is 2.12. The van der Waals surface area contributed by atoms with Crippen molar-refractivity contribution in [3.8, 4) is 0 Å². The van der Waals surface area contributed by atoms with Crippen LogP contribution < -0.4 is 16.0 Å². The predicted octanol–water partition coefficient (Wildman–Crippen LogP) is 1.59. The van der Waals surface area contributed by atoms with Crippen LogP contribution >= 0.6 is 0 Å². The van der Waals surface area contributed by atoms with Crippen molar-refractivity contribution in [2.75, 3.05) is 0 Å². The molecule has 0 radical (unpaired) electrons. The molecule has 1 N–H and O–H groups in total. The molecule has 0 fully saturated rings. The second-order valence-corrected chi connectivity index (χ2v) is 7.04. The van der Waals surface area contributed by atoms with Crippen molar-refractivity contribution in [3.05, 3.63) is 45.5 Å². The highest BCUT2D eigenvalue weighted by Gasteiger charge is 2.21. The first-order valence-corrected chi connectivity index (χ1v) is 8.63. The van der Waals surface area contributed by atoms with Gasteiger partial charge in [0.25, 0.3) is 0 Å². The summed E-state index contributed by atoms with van der Waals surface area (Å²) in [6.45, 7) is 6.97. The third kappa shape index (κ3) is 3.45. The van der Waals surface area contributed by atoms with Crippen LogP contribution in [0.15, 0.2) is 32.0 Å². The molecule has 0 aliphatic heterocycles. The van der Waals surface area contributed by atoms with Gasteiger partial charge in [-0.1, -0.05) is 13.8 Å². The second kappa shape index (κ2) is 6.90. The van der Waals surface area contributed by atoms with E-state index in [0.717, 1.165) is 10.9 Å². The molecule has 0 aliphatic rings. The highest BCUT2D eigenvalue weighted by atomic mass is 16.4. The van der Waals surface area contributed by atoms with Gasteiger partial charge in [-0.25, -0.2) is 4.79 Å². The monoisotopic (exact) mass is 370 g/mol. The minimum Gasteiger partial charge on any atom is -0.548 e. The lowest BCUT2D eigenvalue weighted by Crippen LogP contribution is -2.51. The van der Waals surface area contributed by atoms with E-state index in [4.69, 9.17) is 8.83 Å². The molecule has 1 amide bonds. The molecular formula is C20H20NO6-. The molecule has 0 bridgehead atoms. The molecule has 2 heterocycles. The number of carboxylic acids is 1. The number of aliphatic carboxylic acids is 1. The molecule has 0 spiro atoms. The first-order valence-electron chi connectivity index (χ1n) is 8.63. The van der Waals surface area contributed by atoms with Gasteiger partial charge < -0.3 is 24.1 Å². The Morgan fingerprint density at radius 1 is 1.15 bits per heavy atom. The highest BCUT2D eigenvalue weighted by molar-refractivity contribution is 5.96. The smallest absolute Gasteiger partial charge is 0.340 e. The van der Waals surface area contributed by atoms with Gasteiger partial charge in [-0.15, -0.1) is 0 Å². The van der Waals surface area contributed by atoms with Gasteiger partial charge in [0, 0.05) is 16.8 Å². The summed E-state index contributed by atoms with van der Waals surface area (Å²) in [6.07, 6.45) is 1.35. The van der Waals surface area contributed by atoms with E-state index in [1.807, 2.05) is 13.0 Å². The fourth-order valence-corrected chi connectivity index (χ4v) is 3.12. The average Bonchev–Trinajstić information content (AvgIpc) is 2.95. The number of amides is 1. The topological polar surface area (TPSA) is 113 Å². The first-order chi connectivity index (χ1) is 12.7. The summed E-state index contributed by atoms with van der Waals surface area (Å²) in [6, 6.07) is 2.39. The van der Waals surface area contributed by atoms with E-state index in [-0.39, 0.29) is 17.9 Å². The van der Waals surface area contributed by atoms with Crippen molar-refractivity contribution in [1.29, 1.82) is 0 Å². The van der Waals surface area contributed by atoms with E-state index in [1.165, 1.54) is 0 Å². The summed E-state index contributed by atoms with van der Waals surface area (Å²) < 4.78 is 10.8. The molecule has 3 rings (SSSR count). The molecule has 0 unspecified atom stereocenters. The Labute approximate surface area is 155 Å². The summed E-state index contributed by atoms with van der Waals surface area (Å²) in [7, 11) is 0. The van der Waals surface area contributed by atoms with Crippen LogP contribution in [0.3, 0.4) is 0 Å². The largest absolute Gasteiger partial charge is 0.548 e. The van der Waals surface area contributed by atoms with E-state index in [9.17, 15) is 19.5 Å². The van der Waals surface area contributed by atoms with Crippen LogP contribution in [0.25, 0.3) is 21.9 Å². The van der Waals surface area contributed by atoms with Gasteiger partial charge in [0.2, 0.25) is 5.91 Å². The van der Waals surface area contributed by atoms with Crippen LogP contribution in [-0.2, 0) is 16.0 Å².